The molecule has 1 fully saturated rings. The van der Waals surface area contributed by atoms with Gasteiger partial charge in [-0.15, -0.1) is 35.3 Å². The number of aryl methyl sites for hydroxylation is 1. The molecule has 7 nitrogen and oxygen atoms in total. The number of nitrogens with one attached hydrogen (secondary N) is 2. The highest BCUT2D eigenvalue weighted by molar-refractivity contribution is 14.0. The van der Waals surface area contributed by atoms with Crippen LogP contribution in [0.3, 0.4) is 0 Å². The van der Waals surface area contributed by atoms with Gasteiger partial charge in [-0.1, -0.05) is 6.92 Å². The molecule has 29 heavy (non-hydrogen) atoms. The lowest BCUT2D eigenvalue weighted by molar-refractivity contribution is -0.123. The molecule has 1 aromatic heterocycles. The Morgan fingerprint density at radius 3 is 2.69 bits per heavy atom. The number of carbonyl (C=O) groups excluding carboxylic acids is 1. The highest BCUT2D eigenvalue weighted by Crippen LogP contribution is 2.17. The first-order chi connectivity index (χ1) is 13.6. The second-order valence-electron chi connectivity index (χ2n) is 7.24. The van der Waals surface area contributed by atoms with Crippen molar-refractivity contribution < 1.29 is 4.79 Å². The van der Waals surface area contributed by atoms with Crippen LogP contribution in [0.4, 0.5) is 0 Å². The predicted molar refractivity (Wildman–Crippen MR) is 132 cm³/mol. The fraction of sp³-hybridized carbons (Fsp3) is 0.750. The monoisotopic (exact) mass is 536 g/mol. The second kappa shape index (κ2) is 15.0. The molecule has 0 spiro atoms. The van der Waals surface area contributed by atoms with E-state index in [1.807, 2.05) is 6.20 Å². The number of thiazole rings is 1. The molecule has 1 aliphatic heterocycles. The number of guanidine groups is 1. The van der Waals surface area contributed by atoms with Gasteiger partial charge in [-0.3, -0.25) is 9.79 Å². The number of nitrogens with two attached hydrogens (primary N) is 1. The van der Waals surface area contributed by atoms with Gasteiger partial charge in [0.2, 0.25) is 5.91 Å². The molecule has 1 amide bonds. The third-order valence-corrected chi connectivity index (χ3v) is 6.27. The lowest BCUT2D eigenvalue weighted by Crippen LogP contribution is -2.39. The number of hydrogen-bond acceptors (Lipinski definition) is 5. The van der Waals surface area contributed by atoms with E-state index in [0.29, 0.717) is 0 Å². The minimum Gasteiger partial charge on any atom is -0.369 e. The lowest BCUT2D eigenvalue weighted by atomic mass is 9.96. The SMILES string of the molecule is CCNC(=NCCCCN1CCC(C(N)=O)CC1)NCCc1ncc(CC)s1.I. The Morgan fingerprint density at radius 2 is 2.07 bits per heavy atom. The Balaban J connectivity index is 0.00000420. The van der Waals surface area contributed by atoms with Gasteiger partial charge in [-0.25, -0.2) is 4.98 Å². The minimum atomic E-state index is -0.141. The van der Waals surface area contributed by atoms with Crippen molar-refractivity contribution in [3.63, 3.8) is 0 Å². The third-order valence-electron chi connectivity index (χ3n) is 5.07. The first kappa shape index (κ1) is 26.1. The Morgan fingerprint density at radius 1 is 1.31 bits per heavy atom. The van der Waals surface area contributed by atoms with E-state index in [4.69, 9.17) is 5.73 Å². The summed E-state index contributed by atoms with van der Waals surface area (Å²) in [5, 5.41) is 7.89. The van der Waals surface area contributed by atoms with Crippen LogP contribution in [0.15, 0.2) is 11.2 Å². The van der Waals surface area contributed by atoms with Gasteiger partial charge >= 0.3 is 0 Å². The van der Waals surface area contributed by atoms with Crippen LogP contribution in [0.1, 0.15) is 49.4 Å². The average molecular weight is 537 g/mol. The Hall–Kier alpha value is -0.940. The van der Waals surface area contributed by atoms with Crippen molar-refractivity contribution in [1.29, 1.82) is 0 Å². The Bertz CT molecular complexity index is 616. The van der Waals surface area contributed by atoms with Crippen molar-refractivity contribution in [2.45, 2.75) is 52.4 Å². The molecule has 9 heteroatoms. The molecule has 4 N–H and O–H groups in total. The smallest absolute Gasteiger partial charge is 0.220 e. The van der Waals surface area contributed by atoms with Crippen molar-refractivity contribution in [2.75, 3.05) is 39.3 Å². The molecule has 0 atom stereocenters. The summed E-state index contributed by atoms with van der Waals surface area (Å²) in [6.45, 7) is 9.82. The summed E-state index contributed by atoms with van der Waals surface area (Å²) in [5.74, 6) is 0.822. The number of aliphatic imine (C=N–C) groups is 1. The molecule has 1 aliphatic rings. The van der Waals surface area contributed by atoms with Crippen LogP contribution < -0.4 is 16.4 Å². The van der Waals surface area contributed by atoms with Crippen LogP contribution in [0.2, 0.25) is 0 Å². The van der Waals surface area contributed by atoms with Crippen LogP contribution in [0, 0.1) is 5.92 Å². The number of halogens is 1. The van der Waals surface area contributed by atoms with Gasteiger partial charge < -0.3 is 21.3 Å². The maximum atomic E-state index is 11.2. The quantitative estimate of drug-likeness (QED) is 0.175. The molecule has 0 bridgehead atoms. The van der Waals surface area contributed by atoms with E-state index < -0.39 is 0 Å². The first-order valence-electron chi connectivity index (χ1n) is 10.6. The van der Waals surface area contributed by atoms with Gasteiger partial charge in [0.25, 0.3) is 0 Å². The molecule has 0 aliphatic carbocycles. The van der Waals surface area contributed by atoms with E-state index in [0.717, 1.165) is 83.8 Å². The van der Waals surface area contributed by atoms with Crippen molar-refractivity contribution in [1.82, 2.24) is 20.5 Å². The number of rotatable bonds is 11. The molecule has 1 saturated heterocycles. The molecule has 2 heterocycles. The molecule has 1 aromatic rings. The van der Waals surface area contributed by atoms with Crippen molar-refractivity contribution in [2.24, 2.45) is 16.6 Å². The molecule has 2 rings (SSSR count). The van der Waals surface area contributed by atoms with Crippen LogP contribution >= 0.6 is 35.3 Å². The van der Waals surface area contributed by atoms with Gasteiger partial charge in [-0.2, -0.15) is 0 Å². The highest BCUT2D eigenvalue weighted by Gasteiger charge is 2.22. The standard InChI is InChI=1S/C20H36N6OS.HI/c1-3-17-15-25-18(28-17)7-11-24-20(22-4-2)23-10-5-6-12-26-13-8-16(9-14-26)19(21)27;/h15-16H,3-14H2,1-2H3,(H2,21,27)(H2,22,23,24);1H. The molecule has 0 unspecified atom stereocenters. The molecular weight excluding hydrogens is 499 g/mol. The zero-order chi connectivity index (χ0) is 20.2. The zero-order valence-corrected chi connectivity index (χ0v) is 20.9. The summed E-state index contributed by atoms with van der Waals surface area (Å²) in [6, 6.07) is 0. The number of nitrogens with zero attached hydrogens (tertiary/aromatic N) is 3. The fourth-order valence-corrected chi connectivity index (χ4v) is 4.20. The largest absolute Gasteiger partial charge is 0.369 e. The Kier molecular flexibility index (Phi) is 13.5. The van der Waals surface area contributed by atoms with Crippen molar-refractivity contribution >= 4 is 47.2 Å². The normalized spacial score (nSPS) is 15.7. The summed E-state index contributed by atoms with van der Waals surface area (Å²) in [7, 11) is 0. The van der Waals surface area contributed by atoms with Gasteiger partial charge in [0.15, 0.2) is 5.96 Å². The Labute approximate surface area is 196 Å². The highest BCUT2D eigenvalue weighted by atomic mass is 127. The number of piperidine rings is 1. The third kappa shape index (κ3) is 10.1. The maximum Gasteiger partial charge on any atom is 0.220 e. The number of unbranched alkanes of at least 4 members (excludes halogenated alkanes) is 1. The lowest BCUT2D eigenvalue weighted by Gasteiger charge is -2.30. The number of hydrogen-bond donors (Lipinski definition) is 3. The molecule has 0 radical (unpaired) electrons. The average Bonchev–Trinajstić information content (AvgIpc) is 3.16. The van der Waals surface area contributed by atoms with Crippen LogP contribution in [-0.4, -0.2) is 61.0 Å². The van der Waals surface area contributed by atoms with E-state index in [9.17, 15) is 4.79 Å². The summed E-state index contributed by atoms with van der Waals surface area (Å²) in [4.78, 5) is 24.1. The molecule has 166 valence electrons. The predicted octanol–water partition coefficient (Wildman–Crippen LogP) is 2.40. The van der Waals surface area contributed by atoms with Gasteiger partial charge in [-0.05, 0) is 58.7 Å². The van der Waals surface area contributed by atoms with Crippen LogP contribution in [0.5, 0.6) is 0 Å². The van der Waals surface area contributed by atoms with Crippen LogP contribution in [0.25, 0.3) is 0 Å². The van der Waals surface area contributed by atoms with Gasteiger partial charge in [0, 0.05) is 43.0 Å². The first-order valence-corrected chi connectivity index (χ1v) is 11.4. The summed E-state index contributed by atoms with van der Waals surface area (Å²) in [5.41, 5.74) is 5.39. The van der Waals surface area contributed by atoms with Gasteiger partial charge in [0.05, 0.1) is 5.01 Å². The topological polar surface area (TPSA) is 95.6 Å². The van der Waals surface area contributed by atoms with Gasteiger partial charge in [0.1, 0.15) is 0 Å². The summed E-state index contributed by atoms with van der Waals surface area (Å²) >= 11 is 1.80. The molecule has 0 saturated carbocycles. The fourth-order valence-electron chi connectivity index (χ4n) is 3.34. The zero-order valence-electron chi connectivity index (χ0n) is 17.8. The molecular formula is C20H37IN6OS. The van der Waals surface area contributed by atoms with E-state index in [1.165, 1.54) is 9.88 Å². The number of aromatic nitrogens is 1. The number of likely N-dealkylation sites (tertiary alicyclic amines) is 1. The van der Waals surface area contributed by atoms with E-state index in [2.05, 4.69) is 39.4 Å². The maximum absolute atomic E-state index is 11.2. The van der Waals surface area contributed by atoms with Crippen molar-refractivity contribution in [3.05, 3.63) is 16.1 Å². The van der Waals surface area contributed by atoms with Crippen LogP contribution in [-0.2, 0) is 17.6 Å². The van der Waals surface area contributed by atoms with Crippen molar-refractivity contribution in [3.8, 4) is 0 Å². The number of primary amides is 1. The van der Waals surface area contributed by atoms with E-state index in [1.54, 1.807) is 11.3 Å². The number of carbonyl (C=O) groups is 1. The summed E-state index contributed by atoms with van der Waals surface area (Å²) < 4.78 is 0. The number of amides is 1. The minimum absolute atomic E-state index is 0. The molecule has 0 aromatic carbocycles. The second-order valence-corrected chi connectivity index (χ2v) is 8.44. The summed E-state index contributed by atoms with van der Waals surface area (Å²) in [6.07, 6.45) is 7.97. The van der Waals surface area contributed by atoms with E-state index >= 15 is 0 Å². The van der Waals surface area contributed by atoms with E-state index in [-0.39, 0.29) is 35.8 Å².